The van der Waals surface area contributed by atoms with Crippen LogP contribution in [0.2, 0.25) is 5.02 Å². The van der Waals surface area contributed by atoms with Crippen molar-refractivity contribution >= 4 is 33.2 Å². The zero-order valence-corrected chi connectivity index (χ0v) is 15.7. The van der Waals surface area contributed by atoms with E-state index in [1.165, 1.54) is 0 Å². The van der Waals surface area contributed by atoms with E-state index in [9.17, 15) is 5.11 Å². The van der Waals surface area contributed by atoms with Crippen LogP contribution in [0.4, 0.5) is 5.69 Å². The topological polar surface area (TPSA) is 59.3 Å². The minimum atomic E-state index is -0.243. The van der Waals surface area contributed by atoms with E-state index in [0.29, 0.717) is 21.9 Å². The van der Waals surface area contributed by atoms with Crippen molar-refractivity contribution in [2.75, 3.05) is 11.9 Å². The first-order valence-corrected chi connectivity index (χ1v) is 9.00. The largest absolute Gasteiger partial charge is 0.503 e. The minimum Gasteiger partial charge on any atom is -0.503 e. The maximum absolute atomic E-state index is 10.2. The summed E-state index contributed by atoms with van der Waals surface area (Å²) in [5.41, 5.74) is 3.88. The summed E-state index contributed by atoms with van der Waals surface area (Å²) < 4.78 is 8.03. The van der Waals surface area contributed by atoms with Gasteiger partial charge in [-0.1, -0.05) is 11.6 Å². The van der Waals surface area contributed by atoms with Crippen molar-refractivity contribution in [3.63, 3.8) is 0 Å². The zero-order valence-electron chi connectivity index (χ0n) is 13.3. The van der Waals surface area contributed by atoms with E-state index in [1.54, 1.807) is 6.20 Å². The van der Waals surface area contributed by atoms with Crippen molar-refractivity contribution < 1.29 is 9.84 Å². The molecule has 0 spiro atoms. The number of rotatable bonds is 3. The number of anilines is 1. The van der Waals surface area contributed by atoms with Gasteiger partial charge in [0.2, 0.25) is 0 Å². The van der Waals surface area contributed by atoms with Gasteiger partial charge in [0, 0.05) is 28.0 Å². The summed E-state index contributed by atoms with van der Waals surface area (Å²) in [5.74, 6) is 0.518. The molecule has 0 saturated heterocycles. The van der Waals surface area contributed by atoms with Crippen LogP contribution < -0.4 is 10.1 Å². The van der Waals surface area contributed by atoms with Gasteiger partial charge in [0.1, 0.15) is 6.17 Å². The number of nitrogens with one attached hydrogen (secondary N) is 1. The van der Waals surface area contributed by atoms with Crippen LogP contribution in [0.25, 0.3) is 11.3 Å². The number of phenolic OH excluding ortho intramolecular Hbond substituents is 1. The molecule has 1 aliphatic heterocycles. The van der Waals surface area contributed by atoms with Gasteiger partial charge in [0.15, 0.2) is 11.5 Å². The van der Waals surface area contributed by atoms with Crippen molar-refractivity contribution in [2.45, 2.75) is 13.1 Å². The Morgan fingerprint density at radius 1 is 1.32 bits per heavy atom. The van der Waals surface area contributed by atoms with Crippen LogP contribution in [0.5, 0.6) is 11.5 Å². The summed E-state index contributed by atoms with van der Waals surface area (Å²) in [6.45, 7) is 2.34. The number of ether oxygens (including phenoxy) is 1. The Balaban J connectivity index is 1.85. The lowest BCUT2D eigenvalue weighted by atomic mass is 10.0. The lowest BCUT2D eigenvalue weighted by Crippen LogP contribution is -2.25. The van der Waals surface area contributed by atoms with Crippen LogP contribution in [-0.4, -0.2) is 21.5 Å². The van der Waals surface area contributed by atoms with Gasteiger partial charge >= 0.3 is 0 Å². The molecule has 2 aromatic carbocycles. The maximum atomic E-state index is 10.2. The van der Waals surface area contributed by atoms with E-state index in [2.05, 4.69) is 26.3 Å². The Kier molecular flexibility index (Phi) is 4.09. The van der Waals surface area contributed by atoms with Gasteiger partial charge in [0.05, 0.1) is 16.8 Å². The van der Waals surface area contributed by atoms with Gasteiger partial charge in [0.25, 0.3) is 0 Å². The Morgan fingerprint density at radius 2 is 2.16 bits per heavy atom. The predicted octanol–water partition coefficient (Wildman–Crippen LogP) is 5.04. The molecule has 1 atom stereocenters. The summed E-state index contributed by atoms with van der Waals surface area (Å²) >= 11 is 9.56. The Bertz CT molecular complexity index is 957. The SMILES string of the molecule is CCOc1cc([C@H]2Nc3cc(Cl)ccc3-c3ccnn32)cc(Br)c1O. The smallest absolute Gasteiger partial charge is 0.172 e. The molecule has 0 saturated carbocycles. The number of nitrogens with zero attached hydrogens (tertiary/aromatic N) is 2. The van der Waals surface area contributed by atoms with Crippen LogP contribution in [0.3, 0.4) is 0 Å². The first-order valence-electron chi connectivity index (χ1n) is 7.83. The van der Waals surface area contributed by atoms with Crippen molar-refractivity contribution in [3.8, 4) is 22.8 Å². The quantitative estimate of drug-likeness (QED) is 0.623. The lowest BCUT2D eigenvalue weighted by molar-refractivity contribution is 0.316. The summed E-state index contributed by atoms with van der Waals surface area (Å²) in [7, 11) is 0. The average molecular weight is 421 g/mol. The molecular formula is C18H15BrClN3O2. The first kappa shape index (κ1) is 16.3. The Hall–Kier alpha value is -2.18. The van der Waals surface area contributed by atoms with E-state index in [-0.39, 0.29) is 11.9 Å². The molecule has 0 bridgehead atoms. The van der Waals surface area contributed by atoms with Gasteiger partial charge in [-0.05, 0) is 59.3 Å². The molecule has 4 rings (SSSR count). The fourth-order valence-electron chi connectivity index (χ4n) is 3.04. The fourth-order valence-corrected chi connectivity index (χ4v) is 3.67. The van der Waals surface area contributed by atoms with Gasteiger partial charge in [-0.3, -0.25) is 0 Å². The average Bonchev–Trinajstić information content (AvgIpc) is 3.07. The van der Waals surface area contributed by atoms with E-state index >= 15 is 0 Å². The number of hydrogen-bond acceptors (Lipinski definition) is 4. The summed E-state index contributed by atoms with van der Waals surface area (Å²) in [6.07, 6.45) is 1.53. The normalized spacial score (nSPS) is 15.2. The number of fused-ring (bicyclic) bond motifs is 3. The lowest BCUT2D eigenvalue weighted by Gasteiger charge is -2.30. The third kappa shape index (κ3) is 2.75. The van der Waals surface area contributed by atoms with Crippen LogP contribution in [0, 0.1) is 0 Å². The maximum Gasteiger partial charge on any atom is 0.172 e. The highest BCUT2D eigenvalue weighted by Gasteiger charge is 2.27. The molecule has 0 aliphatic carbocycles. The summed E-state index contributed by atoms with van der Waals surface area (Å²) in [6, 6.07) is 11.4. The third-order valence-corrected chi connectivity index (χ3v) is 4.97. The number of hydrogen-bond donors (Lipinski definition) is 2. The molecule has 7 heteroatoms. The monoisotopic (exact) mass is 419 g/mol. The van der Waals surface area contributed by atoms with Crippen LogP contribution in [0.1, 0.15) is 18.7 Å². The van der Waals surface area contributed by atoms with E-state index in [0.717, 1.165) is 22.5 Å². The van der Waals surface area contributed by atoms with Crippen molar-refractivity contribution in [1.29, 1.82) is 0 Å². The highest BCUT2D eigenvalue weighted by Crippen LogP contribution is 2.42. The number of phenols is 1. The molecule has 128 valence electrons. The standard InChI is InChI=1S/C18H15BrClN3O2/c1-2-25-16-8-10(7-13(19)17(16)24)18-22-14-9-11(20)3-4-12(14)15-5-6-21-23(15)18/h3-9,18,22,24H,2H2,1H3/t18-/m0/s1. The minimum absolute atomic E-state index is 0.0885. The zero-order chi connectivity index (χ0) is 17.6. The fraction of sp³-hybridized carbons (Fsp3) is 0.167. The predicted molar refractivity (Wildman–Crippen MR) is 101 cm³/mol. The highest BCUT2D eigenvalue weighted by molar-refractivity contribution is 9.10. The van der Waals surface area contributed by atoms with Gasteiger partial charge in [-0.25, -0.2) is 4.68 Å². The van der Waals surface area contributed by atoms with Crippen molar-refractivity contribution in [2.24, 2.45) is 0 Å². The molecule has 2 N–H and O–H groups in total. The second-order valence-corrected chi connectivity index (χ2v) is 6.97. The number of aromatic nitrogens is 2. The number of halogens is 2. The molecule has 0 unspecified atom stereocenters. The number of benzene rings is 2. The molecule has 0 radical (unpaired) electrons. The van der Waals surface area contributed by atoms with Crippen LogP contribution >= 0.6 is 27.5 Å². The summed E-state index contributed by atoms with van der Waals surface area (Å²) in [5, 5.41) is 18.8. The number of aromatic hydroxyl groups is 1. The van der Waals surface area contributed by atoms with E-state index < -0.39 is 0 Å². The third-order valence-electron chi connectivity index (χ3n) is 4.13. The first-order chi connectivity index (χ1) is 12.1. The van der Waals surface area contributed by atoms with E-state index in [1.807, 2.05) is 48.0 Å². The molecular weight excluding hydrogens is 406 g/mol. The summed E-state index contributed by atoms with van der Waals surface area (Å²) in [4.78, 5) is 0. The van der Waals surface area contributed by atoms with Gasteiger partial charge in [-0.15, -0.1) is 0 Å². The molecule has 25 heavy (non-hydrogen) atoms. The van der Waals surface area contributed by atoms with Crippen LogP contribution in [-0.2, 0) is 0 Å². The molecule has 2 heterocycles. The molecule has 3 aromatic rings. The molecule has 5 nitrogen and oxygen atoms in total. The molecule has 0 amide bonds. The van der Waals surface area contributed by atoms with Gasteiger partial charge < -0.3 is 15.2 Å². The second kappa shape index (κ2) is 6.28. The van der Waals surface area contributed by atoms with Crippen molar-refractivity contribution in [1.82, 2.24) is 9.78 Å². The van der Waals surface area contributed by atoms with Crippen LogP contribution in [0.15, 0.2) is 47.1 Å². The second-order valence-electron chi connectivity index (χ2n) is 5.68. The molecule has 0 fully saturated rings. The Labute approximate surface area is 158 Å². The highest BCUT2D eigenvalue weighted by atomic mass is 79.9. The molecule has 1 aromatic heterocycles. The molecule has 1 aliphatic rings. The Morgan fingerprint density at radius 3 is 2.96 bits per heavy atom. The van der Waals surface area contributed by atoms with Gasteiger partial charge in [-0.2, -0.15) is 5.10 Å². The van der Waals surface area contributed by atoms with Crippen molar-refractivity contribution in [3.05, 3.63) is 57.7 Å². The van der Waals surface area contributed by atoms with E-state index in [4.69, 9.17) is 16.3 Å².